The molecule has 0 bridgehead atoms. The van der Waals surface area contributed by atoms with Gasteiger partial charge in [-0.05, 0) is 50.8 Å². The predicted octanol–water partition coefficient (Wildman–Crippen LogP) is 3.51. The van der Waals surface area contributed by atoms with E-state index in [9.17, 15) is 0 Å². The number of rotatable bonds is 10. The molecule has 5 nitrogen and oxygen atoms in total. The van der Waals surface area contributed by atoms with Gasteiger partial charge >= 0.3 is 0 Å². The molecule has 1 aromatic carbocycles. The molecule has 1 fully saturated rings. The maximum atomic E-state index is 4.82. The molecular formula is C21H38IN5S. The number of piperazine rings is 1. The fourth-order valence-electron chi connectivity index (χ4n) is 3.32. The standard InChI is InChI=1S/C21H37N5S.HI/c1-4-22-21(23-12-8-9-17-27-3)24-18-19(2)25-13-15-26(16-14-25)20-10-6-5-7-11-20;/h5-7,10-11,19H,4,8-9,12-18H2,1-3H3,(H2,22,23,24);1H. The Hall–Kier alpha value is -0.670. The summed E-state index contributed by atoms with van der Waals surface area (Å²) in [5, 5.41) is 6.84. The molecule has 1 aromatic rings. The van der Waals surface area contributed by atoms with Crippen LogP contribution in [-0.4, -0.2) is 74.7 Å². The van der Waals surface area contributed by atoms with Gasteiger partial charge in [0.05, 0.1) is 6.54 Å². The van der Waals surface area contributed by atoms with E-state index in [0.29, 0.717) is 6.04 Å². The van der Waals surface area contributed by atoms with Gasteiger partial charge in [-0.15, -0.1) is 24.0 Å². The minimum Gasteiger partial charge on any atom is -0.369 e. The largest absolute Gasteiger partial charge is 0.369 e. The van der Waals surface area contributed by atoms with Gasteiger partial charge < -0.3 is 15.5 Å². The molecule has 7 heteroatoms. The molecule has 0 aliphatic carbocycles. The molecule has 2 N–H and O–H groups in total. The van der Waals surface area contributed by atoms with Gasteiger partial charge in [0.1, 0.15) is 0 Å². The summed E-state index contributed by atoms with van der Waals surface area (Å²) in [6.07, 6.45) is 4.62. The Labute approximate surface area is 193 Å². The van der Waals surface area contributed by atoms with E-state index in [2.05, 4.69) is 70.9 Å². The van der Waals surface area contributed by atoms with E-state index in [0.717, 1.165) is 51.8 Å². The van der Waals surface area contributed by atoms with Crippen molar-refractivity contribution in [3.8, 4) is 0 Å². The molecule has 2 rings (SSSR count). The minimum atomic E-state index is 0. The van der Waals surface area contributed by atoms with Crippen LogP contribution in [0.5, 0.6) is 0 Å². The normalized spacial score (nSPS) is 16.4. The van der Waals surface area contributed by atoms with Crippen molar-refractivity contribution in [3.05, 3.63) is 30.3 Å². The van der Waals surface area contributed by atoms with Crippen LogP contribution in [0.4, 0.5) is 5.69 Å². The van der Waals surface area contributed by atoms with E-state index in [1.807, 2.05) is 11.8 Å². The van der Waals surface area contributed by atoms with Crippen LogP contribution >= 0.6 is 35.7 Å². The lowest BCUT2D eigenvalue weighted by atomic mass is 10.2. The number of para-hydroxylation sites is 1. The van der Waals surface area contributed by atoms with Gasteiger partial charge in [-0.25, -0.2) is 0 Å². The average molecular weight is 520 g/mol. The quantitative estimate of drug-likeness (QED) is 0.214. The molecule has 1 unspecified atom stereocenters. The fourth-order valence-corrected chi connectivity index (χ4v) is 3.81. The van der Waals surface area contributed by atoms with Gasteiger partial charge in [-0.1, -0.05) is 18.2 Å². The van der Waals surface area contributed by atoms with Crippen molar-refractivity contribution in [2.75, 3.05) is 62.7 Å². The number of benzene rings is 1. The van der Waals surface area contributed by atoms with Gasteiger partial charge in [0.25, 0.3) is 0 Å². The number of unbranched alkanes of at least 4 members (excludes halogenated alkanes) is 1. The Morgan fingerprint density at radius 2 is 1.82 bits per heavy atom. The monoisotopic (exact) mass is 519 g/mol. The van der Waals surface area contributed by atoms with Crippen LogP contribution in [0.25, 0.3) is 0 Å². The predicted molar refractivity (Wildman–Crippen MR) is 137 cm³/mol. The van der Waals surface area contributed by atoms with Crippen LogP contribution in [0.3, 0.4) is 0 Å². The smallest absolute Gasteiger partial charge is 0.191 e. The number of aliphatic imine (C=N–C) groups is 1. The van der Waals surface area contributed by atoms with Crippen molar-refractivity contribution < 1.29 is 0 Å². The first kappa shape index (κ1) is 25.4. The maximum Gasteiger partial charge on any atom is 0.191 e. The van der Waals surface area contributed by atoms with E-state index in [1.165, 1.54) is 24.3 Å². The molecule has 160 valence electrons. The molecule has 1 aliphatic heterocycles. The summed E-state index contributed by atoms with van der Waals surface area (Å²) in [7, 11) is 0. The van der Waals surface area contributed by atoms with Crippen molar-refractivity contribution in [2.24, 2.45) is 4.99 Å². The van der Waals surface area contributed by atoms with Crippen molar-refractivity contribution in [2.45, 2.75) is 32.7 Å². The van der Waals surface area contributed by atoms with E-state index in [-0.39, 0.29) is 24.0 Å². The van der Waals surface area contributed by atoms with Crippen molar-refractivity contribution in [3.63, 3.8) is 0 Å². The Kier molecular flexibility index (Phi) is 13.8. The number of halogens is 1. The lowest BCUT2D eigenvalue weighted by molar-refractivity contribution is 0.201. The van der Waals surface area contributed by atoms with Crippen LogP contribution in [-0.2, 0) is 0 Å². The highest BCUT2D eigenvalue weighted by molar-refractivity contribution is 14.0. The summed E-state index contributed by atoms with van der Waals surface area (Å²) in [6, 6.07) is 11.2. The summed E-state index contributed by atoms with van der Waals surface area (Å²) in [6.45, 7) is 11.5. The number of hydrogen-bond donors (Lipinski definition) is 2. The summed E-state index contributed by atoms with van der Waals surface area (Å²) < 4.78 is 0. The minimum absolute atomic E-state index is 0. The van der Waals surface area contributed by atoms with Crippen molar-refractivity contribution in [1.82, 2.24) is 15.5 Å². The Morgan fingerprint density at radius 1 is 1.11 bits per heavy atom. The fraction of sp³-hybridized carbons (Fsp3) is 0.667. The van der Waals surface area contributed by atoms with Crippen LogP contribution in [0, 0.1) is 0 Å². The van der Waals surface area contributed by atoms with Gasteiger partial charge in [0.2, 0.25) is 0 Å². The molecule has 28 heavy (non-hydrogen) atoms. The van der Waals surface area contributed by atoms with Crippen LogP contribution < -0.4 is 15.5 Å². The second-order valence-corrected chi connectivity index (χ2v) is 8.04. The second-order valence-electron chi connectivity index (χ2n) is 7.05. The van der Waals surface area contributed by atoms with Crippen molar-refractivity contribution >= 4 is 47.4 Å². The number of thioether (sulfide) groups is 1. The van der Waals surface area contributed by atoms with Gasteiger partial charge in [-0.2, -0.15) is 11.8 Å². The van der Waals surface area contributed by atoms with E-state index < -0.39 is 0 Å². The number of guanidine groups is 1. The van der Waals surface area contributed by atoms with Gasteiger partial charge in [0, 0.05) is 51.0 Å². The molecule has 1 heterocycles. The van der Waals surface area contributed by atoms with Crippen molar-refractivity contribution in [1.29, 1.82) is 0 Å². The highest BCUT2D eigenvalue weighted by atomic mass is 127. The lowest BCUT2D eigenvalue weighted by Crippen LogP contribution is -2.50. The highest BCUT2D eigenvalue weighted by Gasteiger charge is 2.21. The summed E-state index contributed by atoms with van der Waals surface area (Å²) >= 11 is 1.92. The first-order valence-electron chi connectivity index (χ1n) is 10.3. The Balaban J connectivity index is 0.00000392. The maximum absolute atomic E-state index is 4.82. The summed E-state index contributed by atoms with van der Waals surface area (Å²) in [4.78, 5) is 9.86. The van der Waals surface area contributed by atoms with E-state index >= 15 is 0 Å². The Morgan fingerprint density at radius 3 is 2.46 bits per heavy atom. The first-order chi connectivity index (χ1) is 13.2. The Bertz CT molecular complexity index is 535. The van der Waals surface area contributed by atoms with Crippen LogP contribution in [0.1, 0.15) is 26.7 Å². The number of hydrogen-bond acceptors (Lipinski definition) is 4. The molecule has 0 amide bonds. The molecule has 1 aliphatic rings. The zero-order valence-corrected chi connectivity index (χ0v) is 20.8. The summed E-state index contributed by atoms with van der Waals surface area (Å²) in [5.41, 5.74) is 1.34. The molecule has 1 atom stereocenters. The number of nitrogens with zero attached hydrogens (tertiary/aromatic N) is 3. The third kappa shape index (κ3) is 9.22. The molecule has 1 saturated heterocycles. The van der Waals surface area contributed by atoms with Crippen LogP contribution in [0.15, 0.2) is 35.3 Å². The second kappa shape index (κ2) is 15.2. The molecule has 0 aromatic heterocycles. The molecule has 0 spiro atoms. The number of nitrogens with one attached hydrogen (secondary N) is 2. The zero-order chi connectivity index (χ0) is 19.3. The highest BCUT2D eigenvalue weighted by Crippen LogP contribution is 2.16. The molecule has 0 saturated carbocycles. The SMILES string of the molecule is CCNC(=NCC(C)N1CCN(c2ccccc2)CC1)NCCCCSC.I. The van der Waals surface area contributed by atoms with E-state index in [1.54, 1.807) is 0 Å². The molecular weight excluding hydrogens is 481 g/mol. The third-order valence-electron chi connectivity index (χ3n) is 4.98. The lowest BCUT2D eigenvalue weighted by Gasteiger charge is -2.38. The topological polar surface area (TPSA) is 42.9 Å². The third-order valence-corrected chi connectivity index (χ3v) is 5.68. The van der Waals surface area contributed by atoms with Gasteiger partial charge in [0.15, 0.2) is 5.96 Å². The van der Waals surface area contributed by atoms with Crippen LogP contribution in [0.2, 0.25) is 0 Å². The van der Waals surface area contributed by atoms with Gasteiger partial charge in [-0.3, -0.25) is 9.89 Å². The van der Waals surface area contributed by atoms with E-state index in [4.69, 9.17) is 4.99 Å². The number of anilines is 1. The first-order valence-corrected chi connectivity index (χ1v) is 11.7. The summed E-state index contributed by atoms with van der Waals surface area (Å²) in [5.74, 6) is 2.19. The molecule has 0 radical (unpaired) electrons. The zero-order valence-electron chi connectivity index (χ0n) is 17.7. The average Bonchev–Trinajstić information content (AvgIpc) is 2.72.